The molecule has 0 saturated carbocycles. The van der Waals surface area contributed by atoms with Crippen molar-refractivity contribution in [2.45, 2.75) is 0 Å². The molecule has 6 heteroatoms. The highest BCUT2D eigenvalue weighted by Gasteiger charge is 2.33. The summed E-state index contributed by atoms with van der Waals surface area (Å²) in [6.07, 6.45) is 5.59. The fourth-order valence-corrected chi connectivity index (χ4v) is 3.81. The predicted octanol–water partition coefficient (Wildman–Crippen LogP) is 6.06. The minimum absolute atomic E-state index is 0.138. The molecule has 0 unspecified atom stereocenters. The molecule has 0 aromatic heterocycles. The van der Waals surface area contributed by atoms with E-state index >= 15 is 0 Å². The van der Waals surface area contributed by atoms with Gasteiger partial charge >= 0.3 is 0 Å². The maximum atomic E-state index is 12.6. The zero-order chi connectivity index (χ0) is 17.1. The SMILES string of the molecule is O=C1/C(=C/C=C/c2ccccc2)SC(=S)N1c1ccc(Br)c(Cl)c1. The number of carbonyl (C=O) groups is 1. The number of amides is 1. The van der Waals surface area contributed by atoms with E-state index in [2.05, 4.69) is 15.9 Å². The molecular formula is C18H11BrClNOS2. The molecule has 0 atom stereocenters. The third-order valence-corrected chi connectivity index (χ3v) is 5.84. The standard InChI is InChI=1S/C18H11BrClNOS2/c19-14-10-9-13(11-15(14)20)21-17(22)16(24-18(21)23)8-4-7-12-5-2-1-3-6-12/h1-11H/b7-4+,16-8-. The summed E-state index contributed by atoms with van der Waals surface area (Å²) in [5.41, 5.74) is 1.74. The third kappa shape index (κ3) is 3.81. The van der Waals surface area contributed by atoms with E-state index in [1.54, 1.807) is 18.2 Å². The molecule has 1 heterocycles. The molecule has 2 aromatic carbocycles. The predicted molar refractivity (Wildman–Crippen MR) is 110 cm³/mol. The van der Waals surface area contributed by atoms with Crippen LogP contribution >= 0.6 is 51.5 Å². The Kier molecular flexibility index (Phi) is 5.56. The Bertz CT molecular complexity index is 865. The molecule has 1 saturated heterocycles. The van der Waals surface area contributed by atoms with Crippen molar-refractivity contribution in [2.24, 2.45) is 0 Å². The first-order valence-electron chi connectivity index (χ1n) is 7.01. The smallest absolute Gasteiger partial charge is 0.268 e. The summed E-state index contributed by atoms with van der Waals surface area (Å²) in [6, 6.07) is 15.2. The summed E-state index contributed by atoms with van der Waals surface area (Å²) in [6.45, 7) is 0. The maximum Gasteiger partial charge on any atom is 0.270 e. The summed E-state index contributed by atoms with van der Waals surface area (Å²) >= 11 is 16.1. The van der Waals surface area contributed by atoms with Crippen LogP contribution in [0.1, 0.15) is 5.56 Å². The lowest BCUT2D eigenvalue weighted by Crippen LogP contribution is -2.27. The van der Waals surface area contributed by atoms with E-state index in [1.165, 1.54) is 16.7 Å². The van der Waals surface area contributed by atoms with Gasteiger partial charge in [-0.15, -0.1) is 0 Å². The van der Waals surface area contributed by atoms with Crippen LogP contribution in [0.3, 0.4) is 0 Å². The van der Waals surface area contributed by atoms with Crippen LogP contribution < -0.4 is 4.90 Å². The van der Waals surface area contributed by atoms with E-state index < -0.39 is 0 Å². The van der Waals surface area contributed by atoms with Crippen molar-refractivity contribution >= 4 is 73.5 Å². The lowest BCUT2D eigenvalue weighted by molar-refractivity contribution is -0.113. The number of hydrogen-bond acceptors (Lipinski definition) is 3. The van der Waals surface area contributed by atoms with E-state index in [-0.39, 0.29) is 5.91 Å². The van der Waals surface area contributed by atoms with Crippen LogP contribution in [0.15, 0.2) is 70.1 Å². The number of halogens is 2. The molecule has 1 aliphatic heterocycles. The zero-order valence-corrected chi connectivity index (χ0v) is 16.3. The number of allylic oxidation sites excluding steroid dienone is 2. The van der Waals surface area contributed by atoms with Crippen molar-refractivity contribution in [3.8, 4) is 0 Å². The van der Waals surface area contributed by atoms with Gasteiger partial charge in [-0.1, -0.05) is 78.1 Å². The largest absolute Gasteiger partial charge is 0.270 e. The van der Waals surface area contributed by atoms with Gasteiger partial charge in [0.15, 0.2) is 4.32 Å². The summed E-state index contributed by atoms with van der Waals surface area (Å²) < 4.78 is 1.28. The van der Waals surface area contributed by atoms with Crippen LogP contribution in [0.25, 0.3) is 6.08 Å². The zero-order valence-electron chi connectivity index (χ0n) is 12.3. The first-order chi connectivity index (χ1) is 11.6. The van der Waals surface area contributed by atoms with E-state index in [0.717, 1.165) is 10.0 Å². The number of rotatable bonds is 3. The van der Waals surface area contributed by atoms with E-state index in [1.807, 2.05) is 48.6 Å². The summed E-state index contributed by atoms with van der Waals surface area (Å²) in [5, 5.41) is 0.537. The van der Waals surface area contributed by atoms with Gasteiger partial charge in [0.25, 0.3) is 5.91 Å². The van der Waals surface area contributed by atoms with Crippen molar-refractivity contribution in [2.75, 3.05) is 4.90 Å². The molecule has 1 fully saturated rings. The lowest BCUT2D eigenvalue weighted by Gasteiger charge is -2.15. The third-order valence-electron chi connectivity index (χ3n) is 3.29. The number of hydrogen-bond donors (Lipinski definition) is 0. The molecule has 0 radical (unpaired) electrons. The fourth-order valence-electron chi connectivity index (χ4n) is 2.14. The van der Waals surface area contributed by atoms with Crippen molar-refractivity contribution < 1.29 is 4.79 Å². The minimum atomic E-state index is -0.138. The number of benzene rings is 2. The van der Waals surface area contributed by atoms with Crippen LogP contribution in [0.5, 0.6) is 0 Å². The maximum absolute atomic E-state index is 12.6. The summed E-state index contributed by atoms with van der Waals surface area (Å²) in [5.74, 6) is -0.138. The molecule has 24 heavy (non-hydrogen) atoms. The topological polar surface area (TPSA) is 20.3 Å². The average Bonchev–Trinajstić information content (AvgIpc) is 2.85. The molecule has 0 spiro atoms. The second kappa shape index (κ2) is 7.66. The van der Waals surface area contributed by atoms with Crippen LogP contribution in [0.2, 0.25) is 5.02 Å². The average molecular weight is 437 g/mol. The second-order valence-corrected chi connectivity index (χ2v) is 7.84. The Morgan fingerprint density at radius 2 is 1.92 bits per heavy atom. The lowest BCUT2D eigenvalue weighted by atomic mass is 10.2. The monoisotopic (exact) mass is 435 g/mol. The molecule has 1 amide bonds. The number of nitrogens with zero attached hydrogens (tertiary/aromatic N) is 1. The quantitative estimate of drug-likeness (QED) is 0.430. The van der Waals surface area contributed by atoms with Gasteiger partial charge in [-0.3, -0.25) is 9.69 Å². The fraction of sp³-hybridized carbons (Fsp3) is 0. The minimum Gasteiger partial charge on any atom is -0.268 e. The highest BCUT2D eigenvalue weighted by Crippen LogP contribution is 2.37. The van der Waals surface area contributed by atoms with E-state index in [9.17, 15) is 4.79 Å². The molecule has 2 nitrogen and oxygen atoms in total. The first-order valence-corrected chi connectivity index (χ1v) is 9.40. The highest BCUT2D eigenvalue weighted by molar-refractivity contribution is 9.10. The Morgan fingerprint density at radius 3 is 2.62 bits per heavy atom. The van der Waals surface area contributed by atoms with Gasteiger partial charge in [0.2, 0.25) is 0 Å². The molecular weight excluding hydrogens is 426 g/mol. The molecule has 0 bridgehead atoms. The Balaban J connectivity index is 1.82. The van der Waals surface area contributed by atoms with E-state index in [0.29, 0.717) is 19.9 Å². The van der Waals surface area contributed by atoms with Gasteiger partial charge in [0.1, 0.15) is 0 Å². The number of thioether (sulfide) groups is 1. The number of carbonyl (C=O) groups excluding carboxylic acids is 1. The molecule has 120 valence electrons. The van der Waals surface area contributed by atoms with Gasteiger partial charge in [-0.05, 0) is 45.8 Å². The van der Waals surface area contributed by atoms with Gasteiger partial charge in [-0.25, -0.2) is 0 Å². The van der Waals surface area contributed by atoms with Crippen LogP contribution in [-0.4, -0.2) is 10.2 Å². The van der Waals surface area contributed by atoms with Gasteiger partial charge < -0.3 is 0 Å². The summed E-state index contributed by atoms with van der Waals surface area (Å²) in [4.78, 5) is 14.7. The van der Waals surface area contributed by atoms with Gasteiger partial charge in [-0.2, -0.15) is 0 Å². The number of thiocarbonyl (C=S) groups is 1. The Hall–Kier alpha value is -1.40. The van der Waals surface area contributed by atoms with Crippen molar-refractivity contribution in [3.63, 3.8) is 0 Å². The Morgan fingerprint density at radius 1 is 1.17 bits per heavy atom. The van der Waals surface area contributed by atoms with Crippen LogP contribution in [-0.2, 0) is 4.79 Å². The van der Waals surface area contributed by atoms with Crippen LogP contribution in [0, 0.1) is 0 Å². The highest BCUT2D eigenvalue weighted by atomic mass is 79.9. The van der Waals surface area contributed by atoms with Crippen molar-refractivity contribution in [1.82, 2.24) is 0 Å². The van der Waals surface area contributed by atoms with Gasteiger partial charge in [0, 0.05) is 4.47 Å². The molecule has 0 aliphatic carbocycles. The molecule has 1 aliphatic rings. The van der Waals surface area contributed by atoms with Crippen molar-refractivity contribution in [3.05, 3.63) is 80.6 Å². The normalized spacial score (nSPS) is 16.6. The number of anilines is 1. The van der Waals surface area contributed by atoms with E-state index in [4.69, 9.17) is 23.8 Å². The summed E-state index contributed by atoms with van der Waals surface area (Å²) in [7, 11) is 0. The molecule has 2 aromatic rings. The molecule has 0 N–H and O–H groups in total. The van der Waals surface area contributed by atoms with Crippen molar-refractivity contribution in [1.29, 1.82) is 0 Å². The van der Waals surface area contributed by atoms with Gasteiger partial charge in [0.05, 0.1) is 15.6 Å². The Labute approximate surface area is 163 Å². The van der Waals surface area contributed by atoms with Crippen LogP contribution in [0.4, 0.5) is 5.69 Å². The first kappa shape index (κ1) is 17.4. The molecule has 3 rings (SSSR count). The second-order valence-electron chi connectivity index (χ2n) is 4.91.